The number of carbonyl (C=O) groups excluding carboxylic acids is 1. The van der Waals surface area contributed by atoms with Crippen LogP contribution < -0.4 is 10.2 Å². The zero-order chi connectivity index (χ0) is 14.3. The van der Waals surface area contributed by atoms with Crippen LogP contribution >= 0.6 is 0 Å². The average molecular weight is 284 g/mol. The van der Waals surface area contributed by atoms with Crippen LogP contribution in [0.25, 0.3) is 0 Å². The molecule has 1 atom stereocenters. The quantitative estimate of drug-likeness (QED) is 0.792. The summed E-state index contributed by atoms with van der Waals surface area (Å²) in [6.45, 7) is 0.719. The molecule has 1 N–H and O–H groups in total. The number of benzene rings is 1. The Balaban J connectivity index is 2.02. The largest absolute Gasteiger partial charge is 0.416 e. The first kappa shape index (κ1) is 13.3. The van der Waals surface area contributed by atoms with Crippen LogP contribution in [0.2, 0.25) is 0 Å². The van der Waals surface area contributed by atoms with Gasteiger partial charge in [-0.2, -0.15) is 13.2 Å². The molecule has 1 aromatic rings. The monoisotopic (exact) mass is 284 g/mol. The van der Waals surface area contributed by atoms with E-state index in [-0.39, 0.29) is 17.6 Å². The maximum absolute atomic E-state index is 12.7. The second kappa shape index (κ2) is 4.68. The predicted octanol–water partition coefficient (Wildman–Crippen LogP) is 3.41. The number of rotatable bonds is 0. The Hall–Kier alpha value is -1.72. The van der Waals surface area contributed by atoms with E-state index in [9.17, 15) is 18.0 Å². The van der Waals surface area contributed by atoms with Gasteiger partial charge in [-0.3, -0.25) is 4.79 Å². The number of alkyl halides is 3. The highest BCUT2D eigenvalue weighted by molar-refractivity contribution is 6.03. The molecule has 0 radical (unpaired) electrons. The molecule has 1 aromatic carbocycles. The van der Waals surface area contributed by atoms with Crippen LogP contribution in [0.4, 0.5) is 24.5 Å². The third kappa shape index (κ3) is 2.23. The first-order valence-corrected chi connectivity index (χ1v) is 6.75. The summed E-state index contributed by atoms with van der Waals surface area (Å²) < 4.78 is 38.2. The molecule has 1 amide bonds. The molecule has 1 saturated heterocycles. The van der Waals surface area contributed by atoms with Crippen LogP contribution in [0.3, 0.4) is 0 Å². The lowest BCUT2D eigenvalue weighted by Crippen LogP contribution is -2.47. The van der Waals surface area contributed by atoms with Gasteiger partial charge in [0, 0.05) is 6.54 Å². The summed E-state index contributed by atoms with van der Waals surface area (Å²) in [5.41, 5.74) is 0.234. The van der Waals surface area contributed by atoms with Crippen molar-refractivity contribution >= 4 is 17.3 Å². The minimum Gasteiger partial charge on any atom is -0.358 e. The highest BCUT2D eigenvalue weighted by Gasteiger charge is 2.36. The molecule has 0 bridgehead atoms. The van der Waals surface area contributed by atoms with E-state index in [2.05, 4.69) is 5.32 Å². The van der Waals surface area contributed by atoms with E-state index in [4.69, 9.17) is 0 Å². The van der Waals surface area contributed by atoms with Gasteiger partial charge in [-0.25, -0.2) is 0 Å². The Labute approximate surface area is 114 Å². The highest BCUT2D eigenvalue weighted by Crippen LogP contribution is 2.39. The van der Waals surface area contributed by atoms with Gasteiger partial charge in [-0.05, 0) is 31.0 Å². The van der Waals surface area contributed by atoms with Crippen molar-refractivity contribution in [3.8, 4) is 0 Å². The van der Waals surface area contributed by atoms with Gasteiger partial charge in [-0.15, -0.1) is 0 Å². The molecule has 0 aromatic heterocycles. The van der Waals surface area contributed by atoms with E-state index in [1.165, 1.54) is 6.07 Å². The number of halogens is 3. The predicted molar refractivity (Wildman–Crippen MR) is 69.7 cm³/mol. The number of anilines is 2. The molecule has 3 rings (SSSR count). The number of carbonyl (C=O) groups is 1. The van der Waals surface area contributed by atoms with E-state index in [1.807, 2.05) is 4.90 Å². The van der Waals surface area contributed by atoms with Crippen LogP contribution in [-0.4, -0.2) is 18.5 Å². The van der Waals surface area contributed by atoms with Gasteiger partial charge in [-0.1, -0.05) is 12.8 Å². The van der Waals surface area contributed by atoms with Gasteiger partial charge in [0.15, 0.2) is 0 Å². The smallest absolute Gasteiger partial charge is 0.358 e. The van der Waals surface area contributed by atoms with Crippen LogP contribution in [0, 0.1) is 0 Å². The molecule has 1 fully saturated rings. The van der Waals surface area contributed by atoms with E-state index in [0.717, 1.165) is 44.4 Å². The van der Waals surface area contributed by atoms with Gasteiger partial charge in [0.05, 0.1) is 16.9 Å². The Morgan fingerprint density at radius 2 is 2.00 bits per heavy atom. The second-order valence-electron chi connectivity index (χ2n) is 5.28. The van der Waals surface area contributed by atoms with E-state index < -0.39 is 11.7 Å². The first-order chi connectivity index (χ1) is 9.47. The molecule has 2 aliphatic heterocycles. The standard InChI is InChI=1S/C14H15F3N2O/c15-14(16,17)9-5-6-11-10(8-9)18-13(20)12-4-2-1-3-7-19(11)12/h5-6,8,12H,1-4,7H2,(H,18,20). The third-order valence-electron chi connectivity index (χ3n) is 3.95. The lowest BCUT2D eigenvalue weighted by atomic mass is 10.0. The zero-order valence-corrected chi connectivity index (χ0v) is 10.8. The molecule has 20 heavy (non-hydrogen) atoms. The van der Waals surface area contributed by atoms with Crippen molar-refractivity contribution in [2.24, 2.45) is 0 Å². The Kier molecular flexibility index (Phi) is 3.11. The topological polar surface area (TPSA) is 32.3 Å². The van der Waals surface area contributed by atoms with Gasteiger partial charge in [0.1, 0.15) is 6.04 Å². The van der Waals surface area contributed by atoms with Gasteiger partial charge in [0.2, 0.25) is 5.91 Å². The van der Waals surface area contributed by atoms with Gasteiger partial charge in [0.25, 0.3) is 0 Å². The average Bonchev–Trinajstić information content (AvgIpc) is 2.63. The number of nitrogens with one attached hydrogen (secondary N) is 1. The minimum absolute atomic E-state index is 0.196. The maximum Gasteiger partial charge on any atom is 0.416 e. The van der Waals surface area contributed by atoms with E-state index >= 15 is 0 Å². The van der Waals surface area contributed by atoms with E-state index in [1.54, 1.807) is 0 Å². The molecular formula is C14H15F3N2O. The Morgan fingerprint density at radius 3 is 2.75 bits per heavy atom. The lowest BCUT2D eigenvalue weighted by molar-refractivity contribution is -0.137. The molecular weight excluding hydrogens is 269 g/mol. The van der Waals surface area contributed by atoms with Crippen molar-refractivity contribution in [3.63, 3.8) is 0 Å². The maximum atomic E-state index is 12.7. The summed E-state index contributed by atoms with van der Waals surface area (Å²) in [5.74, 6) is -0.196. The van der Waals surface area contributed by atoms with Gasteiger partial charge >= 0.3 is 6.18 Å². The summed E-state index contributed by atoms with van der Waals surface area (Å²) in [6, 6.07) is 3.32. The van der Waals surface area contributed by atoms with Crippen molar-refractivity contribution in [1.82, 2.24) is 0 Å². The molecule has 108 valence electrons. The van der Waals surface area contributed by atoms with Crippen molar-refractivity contribution in [2.45, 2.75) is 37.9 Å². The normalized spacial score (nSPS) is 22.6. The third-order valence-corrected chi connectivity index (χ3v) is 3.95. The molecule has 2 heterocycles. The minimum atomic E-state index is -4.39. The summed E-state index contributed by atoms with van der Waals surface area (Å²) >= 11 is 0. The fraction of sp³-hybridized carbons (Fsp3) is 0.500. The summed E-state index contributed by atoms with van der Waals surface area (Å²) in [6.07, 6.45) is -0.646. The summed E-state index contributed by atoms with van der Waals surface area (Å²) in [7, 11) is 0. The van der Waals surface area contributed by atoms with E-state index in [0.29, 0.717) is 5.69 Å². The Morgan fingerprint density at radius 1 is 1.20 bits per heavy atom. The SMILES string of the molecule is O=C1Nc2cc(C(F)(F)F)ccc2N2CCCCCC12. The molecule has 6 heteroatoms. The molecule has 0 saturated carbocycles. The first-order valence-electron chi connectivity index (χ1n) is 6.75. The number of hydrogen-bond donors (Lipinski definition) is 1. The highest BCUT2D eigenvalue weighted by atomic mass is 19.4. The number of amides is 1. The summed E-state index contributed by atoms with van der Waals surface area (Å²) in [5, 5.41) is 2.62. The molecule has 3 nitrogen and oxygen atoms in total. The van der Waals surface area contributed by atoms with Crippen molar-refractivity contribution in [2.75, 3.05) is 16.8 Å². The summed E-state index contributed by atoms with van der Waals surface area (Å²) in [4.78, 5) is 14.0. The lowest BCUT2D eigenvalue weighted by Gasteiger charge is -2.37. The van der Waals surface area contributed by atoms with Crippen LogP contribution in [0.1, 0.15) is 31.2 Å². The van der Waals surface area contributed by atoms with Crippen LogP contribution in [0.15, 0.2) is 18.2 Å². The van der Waals surface area contributed by atoms with Crippen molar-refractivity contribution < 1.29 is 18.0 Å². The molecule has 1 unspecified atom stereocenters. The fourth-order valence-corrected chi connectivity index (χ4v) is 2.95. The van der Waals surface area contributed by atoms with Crippen LogP contribution in [0.5, 0.6) is 0 Å². The van der Waals surface area contributed by atoms with Crippen molar-refractivity contribution in [1.29, 1.82) is 0 Å². The van der Waals surface area contributed by atoms with Gasteiger partial charge < -0.3 is 10.2 Å². The van der Waals surface area contributed by atoms with Crippen LogP contribution in [-0.2, 0) is 11.0 Å². The Bertz CT molecular complexity index is 542. The zero-order valence-electron chi connectivity index (χ0n) is 10.8. The second-order valence-corrected chi connectivity index (χ2v) is 5.28. The number of nitrogens with zero attached hydrogens (tertiary/aromatic N) is 1. The fourth-order valence-electron chi connectivity index (χ4n) is 2.95. The van der Waals surface area contributed by atoms with Crippen molar-refractivity contribution in [3.05, 3.63) is 23.8 Å². The number of hydrogen-bond acceptors (Lipinski definition) is 2. The molecule has 0 aliphatic carbocycles. The molecule has 2 aliphatic rings. The number of fused-ring (bicyclic) bond motifs is 3. The molecule has 0 spiro atoms.